The molecule has 0 aliphatic rings. The molecule has 0 aliphatic carbocycles. The minimum atomic E-state index is -0.253. The van der Waals surface area contributed by atoms with Crippen molar-refractivity contribution in [2.45, 2.75) is 13.0 Å². The molecule has 0 saturated carbocycles. The zero-order valence-corrected chi connectivity index (χ0v) is 10.9. The van der Waals surface area contributed by atoms with Crippen molar-refractivity contribution in [3.05, 3.63) is 54.1 Å². The second-order valence-electron chi connectivity index (χ2n) is 4.47. The van der Waals surface area contributed by atoms with Gasteiger partial charge in [-0.3, -0.25) is 14.9 Å². The standard InChI is InChI=1S/C14H13N5O/c1-9(10-6-16-17-7-10)18-14(20)13-8-15-11-4-2-3-5-12(11)19-13/h2-9H,1H3,(H,16,17)(H,18,20). The Hall–Kier alpha value is -2.76. The first-order valence-electron chi connectivity index (χ1n) is 6.25. The van der Waals surface area contributed by atoms with Crippen LogP contribution in [0.3, 0.4) is 0 Å². The molecule has 2 N–H and O–H groups in total. The number of para-hydroxylation sites is 2. The second kappa shape index (κ2) is 5.08. The van der Waals surface area contributed by atoms with Gasteiger partial charge in [0.05, 0.1) is 29.5 Å². The molecule has 0 saturated heterocycles. The second-order valence-corrected chi connectivity index (χ2v) is 4.47. The zero-order chi connectivity index (χ0) is 13.9. The van der Waals surface area contributed by atoms with Crippen molar-refractivity contribution in [2.24, 2.45) is 0 Å². The van der Waals surface area contributed by atoms with E-state index in [0.29, 0.717) is 11.2 Å². The third kappa shape index (κ3) is 2.35. The van der Waals surface area contributed by atoms with Crippen LogP contribution in [-0.2, 0) is 0 Å². The Labute approximate surface area is 115 Å². The van der Waals surface area contributed by atoms with E-state index >= 15 is 0 Å². The van der Waals surface area contributed by atoms with Gasteiger partial charge in [-0.05, 0) is 19.1 Å². The minimum Gasteiger partial charge on any atom is -0.344 e. The van der Waals surface area contributed by atoms with Gasteiger partial charge in [0.2, 0.25) is 0 Å². The lowest BCUT2D eigenvalue weighted by Gasteiger charge is -2.11. The van der Waals surface area contributed by atoms with Crippen molar-refractivity contribution in [1.82, 2.24) is 25.5 Å². The SMILES string of the molecule is CC(NC(=O)c1cnc2ccccc2n1)c1cn[nH]c1. The summed E-state index contributed by atoms with van der Waals surface area (Å²) >= 11 is 0. The molecule has 1 atom stereocenters. The Balaban J connectivity index is 1.82. The summed E-state index contributed by atoms with van der Waals surface area (Å²) in [5, 5.41) is 9.44. The van der Waals surface area contributed by atoms with Crippen molar-refractivity contribution < 1.29 is 4.79 Å². The van der Waals surface area contributed by atoms with E-state index in [4.69, 9.17) is 0 Å². The third-order valence-corrected chi connectivity index (χ3v) is 3.05. The quantitative estimate of drug-likeness (QED) is 0.758. The maximum absolute atomic E-state index is 12.1. The fourth-order valence-corrected chi connectivity index (χ4v) is 1.92. The van der Waals surface area contributed by atoms with Crippen LogP contribution in [0.4, 0.5) is 0 Å². The molecule has 1 amide bonds. The van der Waals surface area contributed by atoms with Gasteiger partial charge in [0.1, 0.15) is 5.69 Å². The van der Waals surface area contributed by atoms with Crippen LogP contribution in [0.5, 0.6) is 0 Å². The van der Waals surface area contributed by atoms with Crippen LogP contribution in [0, 0.1) is 0 Å². The van der Waals surface area contributed by atoms with E-state index in [2.05, 4.69) is 25.5 Å². The number of carbonyl (C=O) groups excluding carboxylic acids is 1. The highest BCUT2D eigenvalue weighted by molar-refractivity contribution is 5.93. The number of benzene rings is 1. The molecule has 0 fully saturated rings. The van der Waals surface area contributed by atoms with E-state index < -0.39 is 0 Å². The van der Waals surface area contributed by atoms with Crippen molar-refractivity contribution in [1.29, 1.82) is 0 Å². The average molecular weight is 267 g/mol. The zero-order valence-electron chi connectivity index (χ0n) is 10.9. The molecule has 100 valence electrons. The van der Waals surface area contributed by atoms with Gasteiger partial charge in [0.25, 0.3) is 5.91 Å². The first kappa shape index (κ1) is 12.3. The molecule has 3 rings (SSSR count). The fourth-order valence-electron chi connectivity index (χ4n) is 1.92. The average Bonchev–Trinajstić information content (AvgIpc) is 3.01. The summed E-state index contributed by atoms with van der Waals surface area (Å²) in [6, 6.07) is 7.30. The molecular weight excluding hydrogens is 254 g/mol. The molecule has 3 aromatic rings. The van der Waals surface area contributed by atoms with Crippen molar-refractivity contribution >= 4 is 16.9 Å². The lowest BCUT2D eigenvalue weighted by molar-refractivity contribution is 0.0935. The summed E-state index contributed by atoms with van der Waals surface area (Å²) in [6.45, 7) is 1.89. The predicted octanol–water partition coefficient (Wildman–Crippen LogP) is 1.84. The lowest BCUT2D eigenvalue weighted by Crippen LogP contribution is -2.27. The maximum atomic E-state index is 12.1. The molecule has 2 aromatic heterocycles. The molecule has 6 nitrogen and oxygen atoms in total. The van der Waals surface area contributed by atoms with Gasteiger partial charge < -0.3 is 5.32 Å². The van der Waals surface area contributed by atoms with E-state index in [0.717, 1.165) is 11.1 Å². The number of amides is 1. The number of nitrogens with zero attached hydrogens (tertiary/aromatic N) is 3. The van der Waals surface area contributed by atoms with Crippen LogP contribution in [0.25, 0.3) is 11.0 Å². The van der Waals surface area contributed by atoms with E-state index in [1.54, 1.807) is 12.4 Å². The summed E-state index contributed by atoms with van der Waals surface area (Å²) in [5.41, 5.74) is 2.69. The van der Waals surface area contributed by atoms with Crippen LogP contribution in [-0.4, -0.2) is 26.1 Å². The summed E-state index contributed by atoms with van der Waals surface area (Å²) in [5.74, 6) is -0.253. The Kier molecular flexibility index (Phi) is 3.12. The molecule has 0 spiro atoms. The van der Waals surface area contributed by atoms with Crippen LogP contribution in [0.2, 0.25) is 0 Å². The minimum absolute atomic E-state index is 0.144. The van der Waals surface area contributed by atoms with Gasteiger partial charge in [0, 0.05) is 11.8 Å². The van der Waals surface area contributed by atoms with Crippen molar-refractivity contribution in [3.8, 4) is 0 Å². The largest absolute Gasteiger partial charge is 0.344 e. The summed E-state index contributed by atoms with van der Waals surface area (Å²) in [6.07, 6.45) is 4.91. The topological polar surface area (TPSA) is 83.6 Å². The first-order chi connectivity index (χ1) is 9.74. The highest BCUT2D eigenvalue weighted by Gasteiger charge is 2.14. The van der Waals surface area contributed by atoms with E-state index in [1.807, 2.05) is 31.2 Å². The number of hydrogen-bond acceptors (Lipinski definition) is 4. The molecule has 0 aliphatic heterocycles. The third-order valence-electron chi connectivity index (χ3n) is 3.05. The summed E-state index contributed by atoms with van der Waals surface area (Å²) < 4.78 is 0. The molecular formula is C14H13N5O. The van der Waals surface area contributed by atoms with Crippen LogP contribution in [0.15, 0.2) is 42.9 Å². The van der Waals surface area contributed by atoms with E-state index in [9.17, 15) is 4.79 Å². The van der Waals surface area contributed by atoms with Crippen molar-refractivity contribution in [2.75, 3.05) is 0 Å². The molecule has 1 aromatic carbocycles. The normalized spacial score (nSPS) is 12.2. The monoisotopic (exact) mass is 267 g/mol. The number of nitrogens with one attached hydrogen (secondary N) is 2. The number of H-pyrrole nitrogens is 1. The molecule has 20 heavy (non-hydrogen) atoms. The van der Waals surface area contributed by atoms with Gasteiger partial charge in [-0.15, -0.1) is 0 Å². The number of rotatable bonds is 3. The summed E-state index contributed by atoms with van der Waals surface area (Å²) in [7, 11) is 0. The number of aromatic nitrogens is 4. The van der Waals surface area contributed by atoms with Gasteiger partial charge in [0.15, 0.2) is 0 Å². The van der Waals surface area contributed by atoms with Gasteiger partial charge in [-0.2, -0.15) is 5.10 Å². The number of fused-ring (bicyclic) bond motifs is 1. The molecule has 6 heteroatoms. The number of aromatic amines is 1. The Morgan fingerprint density at radius 2 is 2.05 bits per heavy atom. The first-order valence-corrected chi connectivity index (χ1v) is 6.25. The highest BCUT2D eigenvalue weighted by atomic mass is 16.1. The highest BCUT2D eigenvalue weighted by Crippen LogP contribution is 2.12. The Morgan fingerprint density at radius 3 is 2.80 bits per heavy atom. The smallest absolute Gasteiger partial charge is 0.271 e. The van der Waals surface area contributed by atoms with Gasteiger partial charge in [-0.1, -0.05) is 12.1 Å². The van der Waals surface area contributed by atoms with Gasteiger partial charge >= 0.3 is 0 Å². The van der Waals surface area contributed by atoms with Crippen LogP contribution in [0.1, 0.15) is 29.0 Å². The van der Waals surface area contributed by atoms with Crippen LogP contribution >= 0.6 is 0 Å². The number of carbonyl (C=O) groups is 1. The van der Waals surface area contributed by atoms with Crippen molar-refractivity contribution in [3.63, 3.8) is 0 Å². The molecule has 0 radical (unpaired) electrons. The van der Waals surface area contributed by atoms with Gasteiger partial charge in [-0.25, -0.2) is 4.98 Å². The fraction of sp³-hybridized carbons (Fsp3) is 0.143. The molecule has 2 heterocycles. The lowest BCUT2D eigenvalue weighted by atomic mass is 10.2. The van der Waals surface area contributed by atoms with E-state index in [-0.39, 0.29) is 11.9 Å². The maximum Gasteiger partial charge on any atom is 0.271 e. The number of hydrogen-bond donors (Lipinski definition) is 2. The summed E-state index contributed by atoms with van der Waals surface area (Å²) in [4.78, 5) is 20.7. The predicted molar refractivity (Wildman–Crippen MR) is 74.0 cm³/mol. The Morgan fingerprint density at radius 1 is 1.25 bits per heavy atom. The molecule has 0 bridgehead atoms. The van der Waals surface area contributed by atoms with Crippen LogP contribution < -0.4 is 5.32 Å². The molecule has 1 unspecified atom stereocenters. The van der Waals surface area contributed by atoms with E-state index in [1.165, 1.54) is 6.20 Å². The Bertz CT molecular complexity index is 738.